The van der Waals surface area contributed by atoms with Gasteiger partial charge in [-0.3, -0.25) is 4.57 Å². The maximum Gasteiger partial charge on any atom is 0.211 e. The number of allylic oxidation sites excluding steroid dienone is 2. The van der Waals surface area contributed by atoms with Crippen molar-refractivity contribution >= 4 is 71.2 Å². The Morgan fingerprint density at radius 3 is 2.12 bits per heavy atom. The summed E-state index contributed by atoms with van der Waals surface area (Å²) in [6, 6.07) is 56.8. The summed E-state index contributed by atoms with van der Waals surface area (Å²) in [6.07, 6.45) is 6.20. The molecule has 0 N–H and O–H groups in total. The second kappa shape index (κ2) is 11.7. The Bertz CT molecular complexity index is 3450. The molecule has 56 heavy (non-hydrogen) atoms. The number of hydrogen-bond acceptors (Lipinski definition) is 2. The Labute approximate surface area is 322 Å². The lowest BCUT2D eigenvalue weighted by molar-refractivity contribution is 0.402. The Morgan fingerprint density at radius 2 is 1.27 bits per heavy atom. The zero-order valence-electron chi connectivity index (χ0n) is 30.6. The minimum absolute atomic E-state index is 0.167. The lowest BCUT2D eigenvalue weighted by atomic mass is 9.92. The standard InChI is InChI=1S/C51H33N5/c1-53-49(34-25-27-46-42(32-34)38-20-11-13-23-45(38)55(46)36-17-6-3-7-18-36)39-21-10-12-22-43(39)52-51(53)56-47-28-24-33-14-8-9-19-37(33)48(47)41-26-29-44-40(50(41)56)30-31-54(44)35-15-4-2-5-16-35/h2-9,11-20,22-32,49H,1H3. The van der Waals surface area contributed by atoms with Crippen LogP contribution < -0.4 is 0 Å². The van der Waals surface area contributed by atoms with Crippen LogP contribution in [0.5, 0.6) is 0 Å². The molecule has 262 valence electrons. The number of aromatic nitrogens is 3. The van der Waals surface area contributed by atoms with Gasteiger partial charge < -0.3 is 14.0 Å². The molecule has 0 saturated heterocycles. The number of hydrogen-bond donors (Lipinski definition) is 0. The van der Waals surface area contributed by atoms with Crippen molar-refractivity contribution in [3.63, 3.8) is 0 Å². The molecule has 7 aromatic carbocycles. The highest BCUT2D eigenvalue weighted by atomic mass is 15.3. The molecule has 0 amide bonds. The third-order valence-corrected chi connectivity index (χ3v) is 11.7. The van der Waals surface area contributed by atoms with Crippen molar-refractivity contribution in [3.8, 4) is 11.4 Å². The van der Waals surface area contributed by atoms with Gasteiger partial charge in [-0.1, -0.05) is 109 Å². The molecule has 0 fully saturated rings. The molecule has 3 aromatic heterocycles. The van der Waals surface area contributed by atoms with Crippen molar-refractivity contribution in [3.05, 3.63) is 204 Å². The van der Waals surface area contributed by atoms with E-state index in [0.29, 0.717) is 0 Å². The fourth-order valence-electron chi connectivity index (χ4n) is 9.32. The number of benzene rings is 7. The summed E-state index contributed by atoms with van der Waals surface area (Å²) in [5.74, 6) is 0.865. The molecule has 5 nitrogen and oxygen atoms in total. The van der Waals surface area contributed by atoms with E-state index in [1.54, 1.807) is 0 Å². The van der Waals surface area contributed by atoms with Gasteiger partial charge in [-0.2, -0.15) is 0 Å². The van der Waals surface area contributed by atoms with Crippen LogP contribution in [0.4, 0.5) is 0 Å². The molecule has 0 radical (unpaired) electrons. The van der Waals surface area contributed by atoms with Gasteiger partial charge in [-0.15, -0.1) is 0 Å². The largest absolute Gasteiger partial charge is 0.333 e. The lowest BCUT2D eigenvalue weighted by Crippen LogP contribution is -2.40. The first-order valence-corrected chi connectivity index (χ1v) is 19.1. The van der Waals surface area contributed by atoms with Gasteiger partial charge in [-0.05, 0) is 89.2 Å². The van der Waals surface area contributed by atoms with E-state index < -0.39 is 0 Å². The number of fused-ring (bicyclic) bond motifs is 11. The maximum absolute atomic E-state index is 5.50. The number of para-hydroxylation sites is 3. The lowest BCUT2D eigenvalue weighted by Gasteiger charge is -2.37. The van der Waals surface area contributed by atoms with Crippen molar-refractivity contribution in [2.45, 2.75) is 6.04 Å². The maximum atomic E-state index is 5.50. The van der Waals surface area contributed by atoms with Crippen molar-refractivity contribution in [1.82, 2.24) is 18.6 Å². The summed E-state index contributed by atoms with van der Waals surface area (Å²) < 4.78 is 7.06. The minimum Gasteiger partial charge on any atom is -0.333 e. The Hall–Kier alpha value is -7.55. The van der Waals surface area contributed by atoms with Crippen LogP contribution in [0, 0.1) is 0 Å². The number of aliphatic imine (C=N–C) groups is 1. The van der Waals surface area contributed by atoms with Crippen LogP contribution in [0.15, 0.2) is 204 Å². The predicted molar refractivity (Wildman–Crippen MR) is 231 cm³/mol. The fourth-order valence-corrected chi connectivity index (χ4v) is 9.32. The minimum atomic E-state index is -0.167. The third-order valence-electron chi connectivity index (χ3n) is 11.7. The van der Waals surface area contributed by atoms with Gasteiger partial charge in [0.25, 0.3) is 0 Å². The van der Waals surface area contributed by atoms with E-state index in [-0.39, 0.29) is 6.04 Å². The molecular formula is C51H33N5. The van der Waals surface area contributed by atoms with Gasteiger partial charge in [0.05, 0.1) is 44.9 Å². The van der Waals surface area contributed by atoms with Gasteiger partial charge in [0.2, 0.25) is 5.96 Å². The second-order valence-electron chi connectivity index (χ2n) is 14.7. The van der Waals surface area contributed by atoms with E-state index in [2.05, 4.69) is 207 Å². The van der Waals surface area contributed by atoms with Crippen LogP contribution in [-0.2, 0) is 0 Å². The van der Waals surface area contributed by atoms with Crippen molar-refractivity contribution in [2.24, 2.45) is 4.99 Å². The van der Waals surface area contributed by atoms with Crippen LogP contribution in [-0.4, -0.2) is 31.6 Å². The fraction of sp³-hybridized carbons (Fsp3) is 0.0392. The molecule has 1 aliphatic carbocycles. The molecule has 1 unspecified atom stereocenters. The van der Waals surface area contributed by atoms with E-state index in [4.69, 9.17) is 4.99 Å². The van der Waals surface area contributed by atoms with Gasteiger partial charge in [-0.25, -0.2) is 4.99 Å². The highest BCUT2D eigenvalue weighted by Crippen LogP contribution is 2.44. The summed E-state index contributed by atoms with van der Waals surface area (Å²) in [7, 11) is 2.18. The molecular weight excluding hydrogens is 683 g/mol. The average Bonchev–Trinajstić information content (AvgIpc) is 3.94. The smallest absolute Gasteiger partial charge is 0.211 e. The van der Waals surface area contributed by atoms with Crippen molar-refractivity contribution in [2.75, 3.05) is 7.05 Å². The molecule has 0 spiro atoms. The van der Waals surface area contributed by atoms with E-state index >= 15 is 0 Å². The molecule has 12 rings (SSSR count). The number of nitrogens with zero attached hydrogens (tertiary/aromatic N) is 5. The average molecular weight is 716 g/mol. The number of rotatable bonds is 3. The van der Waals surface area contributed by atoms with Crippen LogP contribution >= 0.6 is 0 Å². The van der Waals surface area contributed by atoms with E-state index in [0.717, 1.165) is 45.2 Å². The summed E-state index contributed by atoms with van der Waals surface area (Å²) >= 11 is 0. The molecule has 10 aromatic rings. The van der Waals surface area contributed by atoms with E-state index in [9.17, 15) is 0 Å². The first-order chi connectivity index (χ1) is 27.7. The van der Waals surface area contributed by atoms with Crippen LogP contribution in [0.2, 0.25) is 0 Å². The zero-order chi connectivity index (χ0) is 36.9. The van der Waals surface area contributed by atoms with Gasteiger partial charge in [0, 0.05) is 51.6 Å². The van der Waals surface area contributed by atoms with E-state index in [1.807, 2.05) is 6.08 Å². The van der Waals surface area contributed by atoms with Crippen LogP contribution in [0.3, 0.4) is 0 Å². The van der Waals surface area contributed by atoms with Gasteiger partial charge in [0.1, 0.15) is 0 Å². The SMILES string of the molecule is CN1C(n2c3ccc4ccccc4c3c3ccc4c(ccn4-c4ccccc4)c32)=NC2=CC=C=C=C2C1c1ccc2c(c1)c1ccccc1n2-c1ccccc1. The van der Waals surface area contributed by atoms with Gasteiger partial charge in [0.15, 0.2) is 0 Å². The molecule has 1 atom stereocenters. The molecule has 0 saturated carbocycles. The van der Waals surface area contributed by atoms with Crippen molar-refractivity contribution in [1.29, 1.82) is 0 Å². The van der Waals surface area contributed by atoms with Gasteiger partial charge >= 0.3 is 0 Å². The predicted octanol–water partition coefficient (Wildman–Crippen LogP) is 12.0. The Balaban J connectivity index is 1.12. The first-order valence-electron chi connectivity index (χ1n) is 19.1. The quantitative estimate of drug-likeness (QED) is 0.168. The summed E-state index contributed by atoms with van der Waals surface area (Å²) in [4.78, 5) is 7.83. The second-order valence-corrected chi connectivity index (χ2v) is 14.7. The first kappa shape index (κ1) is 30.9. The normalized spacial score (nSPS) is 15.3. The van der Waals surface area contributed by atoms with Crippen LogP contribution in [0.25, 0.3) is 76.7 Å². The topological polar surface area (TPSA) is 30.4 Å². The van der Waals surface area contributed by atoms with Crippen molar-refractivity contribution < 1.29 is 0 Å². The molecule has 4 heterocycles. The van der Waals surface area contributed by atoms with Crippen LogP contribution in [0.1, 0.15) is 11.6 Å². The highest BCUT2D eigenvalue weighted by molar-refractivity contribution is 6.28. The van der Waals surface area contributed by atoms with E-state index in [1.165, 1.54) is 54.3 Å². The molecule has 5 heteroatoms. The highest BCUT2D eigenvalue weighted by Gasteiger charge is 2.35. The summed E-state index contributed by atoms with van der Waals surface area (Å²) in [5, 5.41) is 8.50. The third kappa shape index (κ3) is 4.30. The summed E-state index contributed by atoms with van der Waals surface area (Å²) in [6.45, 7) is 0. The molecule has 1 aliphatic heterocycles. The monoisotopic (exact) mass is 715 g/mol. The zero-order valence-corrected chi connectivity index (χ0v) is 30.6. The summed E-state index contributed by atoms with van der Waals surface area (Å²) in [5.41, 5.74) is 17.9. The molecule has 0 bridgehead atoms. The Kier molecular flexibility index (Phi) is 6.46. The molecule has 2 aliphatic rings. The Morgan fingerprint density at radius 1 is 0.554 bits per heavy atom. The number of likely N-dealkylation sites (N-methyl/N-ethyl adjacent to an activating group) is 1.